The molecular weight excluding hydrogens is 542 g/mol. The summed E-state index contributed by atoms with van der Waals surface area (Å²) in [5, 5.41) is 4.20. The number of nitrogens with zero attached hydrogens (tertiary/aromatic N) is 1. The van der Waals surface area contributed by atoms with Crippen molar-refractivity contribution < 1.29 is 5.48 Å². The SMILES string of the molecule is [2H]c1c([2H])c(N(c2ccc(-c3ccccc3)cc2)c2cccc3ccccc23)c([2H])c([2H])c1-c1cccc(-c2cccc3ccccc23)c1. The van der Waals surface area contributed by atoms with Crippen LogP contribution >= 0.6 is 0 Å². The fourth-order valence-corrected chi connectivity index (χ4v) is 6.11. The summed E-state index contributed by atoms with van der Waals surface area (Å²) in [4.78, 5) is 1.87. The second kappa shape index (κ2) is 11.6. The second-order valence-electron chi connectivity index (χ2n) is 11.1. The first-order valence-electron chi connectivity index (χ1n) is 17.1. The molecule has 0 heterocycles. The Hall–Kier alpha value is -5.92. The third-order valence-corrected chi connectivity index (χ3v) is 8.33. The Balaban J connectivity index is 1.31. The molecule has 8 rings (SSSR count). The van der Waals surface area contributed by atoms with E-state index < -0.39 is 0 Å². The highest BCUT2D eigenvalue weighted by Crippen LogP contribution is 2.40. The molecule has 0 radical (unpaired) electrons. The number of benzene rings is 8. The summed E-state index contributed by atoms with van der Waals surface area (Å²) in [5.74, 6) is 0. The zero-order valence-corrected chi connectivity index (χ0v) is 24.5. The first kappa shape index (κ1) is 22.6. The molecule has 0 saturated heterocycles. The highest BCUT2D eigenvalue weighted by atomic mass is 15.1. The van der Waals surface area contributed by atoms with Crippen molar-refractivity contribution in [1.29, 1.82) is 0 Å². The van der Waals surface area contributed by atoms with Crippen molar-refractivity contribution in [3.8, 4) is 33.4 Å². The summed E-state index contributed by atoms with van der Waals surface area (Å²) in [6, 6.07) is 54.0. The first-order valence-corrected chi connectivity index (χ1v) is 15.1. The lowest BCUT2D eigenvalue weighted by Crippen LogP contribution is -2.10. The Bertz CT molecular complexity index is 2450. The van der Waals surface area contributed by atoms with Crippen molar-refractivity contribution in [2.24, 2.45) is 0 Å². The topological polar surface area (TPSA) is 3.24 Å². The fraction of sp³-hybridized carbons (Fsp3) is 0. The molecule has 0 atom stereocenters. The zero-order valence-electron chi connectivity index (χ0n) is 28.5. The smallest absolute Gasteiger partial charge is 0.0645 e. The van der Waals surface area contributed by atoms with Gasteiger partial charge in [-0.15, -0.1) is 0 Å². The molecule has 45 heavy (non-hydrogen) atoms. The number of fused-ring (bicyclic) bond motifs is 2. The van der Waals surface area contributed by atoms with Crippen molar-refractivity contribution in [3.63, 3.8) is 0 Å². The van der Waals surface area contributed by atoms with Crippen molar-refractivity contribution in [1.82, 2.24) is 0 Å². The lowest BCUT2D eigenvalue weighted by atomic mass is 9.95. The van der Waals surface area contributed by atoms with Gasteiger partial charge in [-0.25, -0.2) is 0 Å². The summed E-state index contributed by atoms with van der Waals surface area (Å²) >= 11 is 0. The van der Waals surface area contributed by atoms with Crippen LogP contribution < -0.4 is 4.90 Å². The van der Waals surface area contributed by atoms with E-state index in [9.17, 15) is 5.48 Å². The monoisotopic (exact) mass is 577 g/mol. The van der Waals surface area contributed by atoms with E-state index in [0.717, 1.165) is 55.2 Å². The van der Waals surface area contributed by atoms with Crippen LogP contribution in [-0.2, 0) is 0 Å². The van der Waals surface area contributed by atoms with E-state index in [1.54, 1.807) is 0 Å². The summed E-state index contributed by atoms with van der Waals surface area (Å²) in [6.07, 6.45) is 0. The third-order valence-electron chi connectivity index (χ3n) is 8.33. The van der Waals surface area contributed by atoms with Gasteiger partial charge in [0.05, 0.1) is 11.2 Å². The summed E-state index contributed by atoms with van der Waals surface area (Å²) in [6.45, 7) is 0. The molecule has 0 aliphatic rings. The average Bonchev–Trinajstić information content (AvgIpc) is 3.16. The lowest BCUT2D eigenvalue weighted by molar-refractivity contribution is 1.30. The van der Waals surface area contributed by atoms with Crippen LogP contribution in [0.2, 0.25) is 0 Å². The van der Waals surface area contributed by atoms with E-state index in [1.165, 1.54) is 0 Å². The summed E-state index contributed by atoms with van der Waals surface area (Å²) in [7, 11) is 0. The van der Waals surface area contributed by atoms with Gasteiger partial charge in [0.25, 0.3) is 0 Å². The van der Waals surface area contributed by atoms with Crippen LogP contribution in [0, 0.1) is 0 Å². The number of rotatable bonds is 6. The minimum Gasteiger partial charge on any atom is -0.310 e. The Morgan fingerprint density at radius 3 is 1.69 bits per heavy atom. The normalized spacial score (nSPS) is 12.4. The van der Waals surface area contributed by atoms with Crippen molar-refractivity contribution >= 4 is 38.6 Å². The molecule has 0 aromatic heterocycles. The molecule has 8 aromatic carbocycles. The largest absolute Gasteiger partial charge is 0.310 e. The Labute approximate surface area is 269 Å². The molecule has 0 amide bonds. The van der Waals surface area contributed by atoms with Crippen molar-refractivity contribution in [2.75, 3.05) is 4.90 Å². The molecule has 1 heteroatoms. The molecule has 0 N–H and O–H groups in total. The zero-order chi connectivity index (χ0) is 33.5. The third kappa shape index (κ3) is 5.15. The molecule has 212 valence electrons. The van der Waals surface area contributed by atoms with Gasteiger partial charge < -0.3 is 4.90 Å². The molecule has 1 nitrogen and oxygen atoms in total. The van der Waals surface area contributed by atoms with E-state index in [2.05, 4.69) is 36.4 Å². The van der Waals surface area contributed by atoms with Crippen molar-refractivity contribution in [3.05, 3.63) is 188 Å². The van der Waals surface area contributed by atoms with Crippen LogP contribution in [0.25, 0.3) is 54.9 Å². The maximum atomic E-state index is 9.43. The quantitative estimate of drug-likeness (QED) is 0.190. The highest BCUT2D eigenvalue weighted by Gasteiger charge is 2.16. The van der Waals surface area contributed by atoms with Crippen LogP contribution in [0.4, 0.5) is 17.1 Å². The van der Waals surface area contributed by atoms with Gasteiger partial charge in [-0.3, -0.25) is 0 Å². The predicted molar refractivity (Wildman–Crippen MR) is 192 cm³/mol. The number of hydrogen-bond acceptors (Lipinski definition) is 1. The summed E-state index contributed by atoms with van der Waals surface area (Å²) in [5.41, 5.74) is 6.76. The standard InChI is InChI=1S/C44H31N/c1-2-11-32(12-3-1)33-23-27-39(28-24-33)45(44-22-10-16-36-14-5-7-20-43(36)44)40-29-25-34(26-30-40)37-17-8-18-38(31-37)42-21-9-15-35-13-4-6-19-41(35)42/h1-31H/i25D,26D,29D,30D. The molecule has 0 saturated carbocycles. The Morgan fingerprint density at radius 1 is 0.356 bits per heavy atom. The molecule has 8 aromatic rings. The van der Waals surface area contributed by atoms with Crippen LogP contribution in [0.15, 0.2) is 188 Å². The van der Waals surface area contributed by atoms with Crippen LogP contribution in [0.1, 0.15) is 5.48 Å². The van der Waals surface area contributed by atoms with Gasteiger partial charge in [0, 0.05) is 16.8 Å². The van der Waals surface area contributed by atoms with Gasteiger partial charge in [-0.05, 0) is 85.9 Å². The molecule has 0 unspecified atom stereocenters. The molecule has 0 fully saturated rings. The van der Waals surface area contributed by atoms with Gasteiger partial charge >= 0.3 is 0 Å². The minimum absolute atomic E-state index is 0.0859. The van der Waals surface area contributed by atoms with Crippen LogP contribution in [-0.4, -0.2) is 0 Å². The molecule has 0 aliphatic heterocycles. The first-order chi connectivity index (χ1) is 24.0. The van der Waals surface area contributed by atoms with Crippen LogP contribution in [0.3, 0.4) is 0 Å². The Morgan fingerprint density at radius 2 is 0.911 bits per heavy atom. The minimum atomic E-state index is -0.105. The van der Waals surface area contributed by atoms with E-state index >= 15 is 0 Å². The number of hydrogen-bond donors (Lipinski definition) is 0. The fourth-order valence-electron chi connectivity index (χ4n) is 6.11. The maximum Gasteiger partial charge on any atom is 0.0645 e. The van der Waals surface area contributed by atoms with Crippen LogP contribution in [0.5, 0.6) is 0 Å². The van der Waals surface area contributed by atoms with Gasteiger partial charge in [0.2, 0.25) is 0 Å². The molecule has 0 spiro atoms. The highest BCUT2D eigenvalue weighted by molar-refractivity contribution is 5.99. The van der Waals surface area contributed by atoms with Gasteiger partial charge in [0.15, 0.2) is 0 Å². The van der Waals surface area contributed by atoms with Gasteiger partial charge in [-0.2, -0.15) is 0 Å². The summed E-state index contributed by atoms with van der Waals surface area (Å²) < 4.78 is 37.5. The number of anilines is 3. The lowest BCUT2D eigenvalue weighted by Gasteiger charge is -2.27. The van der Waals surface area contributed by atoms with E-state index in [4.69, 9.17) is 0 Å². The molecular formula is C44H31N. The van der Waals surface area contributed by atoms with Crippen molar-refractivity contribution in [2.45, 2.75) is 0 Å². The van der Waals surface area contributed by atoms with E-state index in [1.807, 2.05) is 132 Å². The van der Waals surface area contributed by atoms with E-state index in [-0.39, 0.29) is 35.4 Å². The second-order valence-corrected chi connectivity index (χ2v) is 11.1. The Kier molecular flexibility index (Phi) is 5.84. The predicted octanol–water partition coefficient (Wildman–Crippen LogP) is 12.5. The van der Waals surface area contributed by atoms with Gasteiger partial charge in [0.1, 0.15) is 0 Å². The maximum absolute atomic E-state index is 9.43. The van der Waals surface area contributed by atoms with E-state index in [0.29, 0.717) is 5.56 Å². The molecule has 0 aliphatic carbocycles. The molecule has 0 bridgehead atoms. The van der Waals surface area contributed by atoms with Gasteiger partial charge in [-0.1, -0.05) is 152 Å². The average molecular weight is 578 g/mol.